The summed E-state index contributed by atoms with van der Waals surface area (Å²) >= 11 is 0. The second-order valence-electron chi connectivity index (χ2n) is 7.75. The molecule has 2 aromatic carbocycles. The standard InChI is InChI=1S/C25H29N3O3.HI/c1-18-6-4-7-19(16-18)23(29)17-27-25(26-13-11-20-8-5-14-30-20)28-22-12-15-31-24-10-3-2-9-21(22)24;/h2-10,14,16,22-23,29H,11-13,15,17H2,1H3,(H2,26,27,28);1H. The minimum atomic E-state index is -0.662. The van der Waals surface area contributed by atoms with Crippen LogP contribution in [0.15, 0.2) is 76.3 Å². The molecule has 1 aliphatic heterocycles. The molecule has 0 aliphatic carbocycles. The molecule has 1 aliphatic rings. The molecule has 2 heterocycles. The molecule has 3 N–H and O–H groups in total. The maximum absolute atomic E-state index is 10.6. The number of rotatable bonds is 7. The molecule has 170 valence electrons. The number of halogens is 1. The Bertz CT molecular complexity index is 1010. The van der Waals surface area contributed by atoms with Crippen LogP contribution < -0.4 is 15.4 Å². The summed E-state index contributed by atoms with van der Waals surface area (Å²) in [4.78, 5) is 4.69. The van der Waals surface area contributed by atoms with Crippen LogP contribution in [0.5, 0.6) is 5.75 Å². The van der Waals surface area contributed by atoms with E-state index >= 15 is 0 Å². The van der Waals surface area contributed by atoms with Gasteiger partial charge in [-0.15, -0.1) is 24.0 Å². The molecule has 0 radical (unpaired) electrons. The van der Waals surface area contributed by atoms with Crippen LogP contribution in [0.3, 0.4) is 0 Å². The van der Waals surface area contributed by atoms with Crippen LogP contribution in [0.4, 0.5) is 0 Å². The number of benzene rings is 2. The number of nitrogens with zero attached hydrogens (tertiary/aromatic N) is 1. The molecular weight excluding hydrogens is 517 g/mol. The number of aliphatic hydroxyl groups excluding tert-OH is 1. The molecule has 0 saturated carbocycles. The molecule has 3 aromatic rings. The first-order valence-corrected chi connectivity index (χ1v) is 10.7. The highest BCUT2D eigenvalue weighted by atomic mass is 127. The number of hydrogen-bond acceptors (Lipinski definition) is 4. The Balaban J connectivity index is 0.00000289. The Labute approximate surface area is 206 Å². The van der Waals surface area contributed by atoms with Gasteiger partial charge in [0.05, 0.1) is 31.6 Å². The Morgan fingerprint density at radius 1 is 1.16 bits per heavy atom. The van der Waals surface area contributed by atoms with Crippen LogP contribution in [-0.2, 0) is 6.42 Å². The molecular formula is C25H30IN3O3. The van der Waals surface area contributed by atoms with Crippen molar-refractivity contribution < 1.29 is 14.3 Å². The molecule has 6 nitrogen and oxygen atoms in total. The second-order valence-corrected chi connectivity index (χ2v) is 7.75. The highest BCUT2D eigenvalue weighted by molar-refractivity contribution is 14.0. The van der Waals surface area contributed by atoms with Gasteiger partial charge in [0.1, 0.15) is 11.5 Å². The van der Waals surface area contributed by atoms with Crippen molar-refractivity contribution in [2.45, 2.75) is 31.9 Å². The summed E-state index contributed by atoms with van der Waals surface area (Å²) in [5.74, 6) is 2.49. The number of aliphatic hydroxyl groups is 1. The normalized spacial score (nSPS) is 16.3. The summed E-state index contributed by atoms with van der Waals surface area (Å²) < 4.78 is 11.2. The van der Waals surface area contributed by atoms with Crippen molar-refractivity contribution in [1.29, 1.82) is 0 Å². The van der Waals surface area contributed by atoms with Gasteiger partial charge in [-0.3, -0.25) is 4.99 Å². The predicted octanol–water partition coefficient (Wildman–Crippen LogP) is 4.54. The fourth-order valence-corrected chi connectivity index (χ4v) is 3.73. The van der Waals surface area contributed by atoms with Crippen LogP contribution >= 0.6 is 24.0 Å². The third-order valence-electron chi connectivity index (χ3n) is 5.36. The summed E-state index contributed by atoms with van der Waals surface area (Å²) in [7, 11) is 0. The molecule has 0 saturated heterocycles. The molecule has 1 aromatic heterocycles. The van der Waals surface area contributed by atoms with Gasteiger partial charge < -0.3 is 24.9 Å². The minimum Gasteiger partial charge on any atom is -0.493 e. The monoisotopic (exact) mass is 547 g/mol. The summed E-state index contributed by atoms with van der Waals surface area (Å²) in [6, 6.07) is 19.9. The van der Waals surface area contributed by atoms with Crippen molar-refractivity contribution in [1.82, 2.24) is 10.6 Å². The third-order valence-corrected chi connectivity index (χ3v) is 5.36. The number of para-hydroxylation sites is 1. The van der Waals surface area contributed by atoms with Crippen LogP contribution in [0, 0.1) is 6.92 Å². The largest absolute Gasteiger partial charge is 0.493 e. The van der Waals surface area contributed by atoms with E-state index in [1.165, 1.54) is 0 Å². The van der Waals surface area contributed by atoms with E-state index in [9.17, 15) is 5.11 Å². The minimum absolute atomic E-state index is 0. The van der Waals surface area contributed by atoms with E-state index in [-0.39, 0.29) is 36.6 Å². The van der Waals surface area contributed by atoms with E-state index in [1.807, 2.05) is 61.5 Å². The molecule has 0 bridgehead atoms. The maximum atomic E-state index is 10.6. The summed E-state index contributed by atoms with van der Waals surface area (Å²) in [5.41, 5.74) is 3.11. The van der Waals surface area contributed by atoms with E-state index in [1.54, 1.807) is 6.26 Å². The highest BCUT2D eigenvalue weighted by Gasteiger charge is 2.22. The van der Waals surface area contributed by atoms with Crippen molar-refractivity contribution in [3.8, 4) is 5.75 Å². The van der Waals surface area contributed by atoms with Crippen molar-refractivity contribution >= 4 is 29.9 Å². The molecule has 0 spiro atoms. The molecule has 2 unspecified atom stereocenters. The third kappa shape index (κ3) is 6.49. The molecule has 32 heavy (non-hydrogen) atoms. The number of guanidine groups is 1. The number of nitrogens with one attached hydrogen (secondary N) is 2. The van der Waals surface area contributed by atoms with E-state index in [0.29, 0.717) is 19.1 Å². The van der Waals surface area contributed by atoms with Gasteiger partial charge in [0.2, 0.25) is 0 Å². The van der Waals surface area contributed by atoms with Crippen molar-refractivity contribution in [3.05, 3.63) is 89.4 Å². The fraction of sp³-hybridized carbons (Fsp3) is 0.320. The molecule has 4 rings (SSSR count). The number of aliphatic imine (C=N–C) groups is 1. The van der Waals surface area contributed by atoms with Gasteiger partial charge >= 0.3 is 0 Å². The van der Waals surface area contributed by atoms with E-state index in [4.69, 9.17) is 9.15 Å². The lowest BCUT2D eigenvalue weighted by atomic mass is 10.0. The van der Waals surface area contributed by atoms with Crippen molar-refractivity contribution in [3.63, 3.8) is 0 Å². The molecule has 0 fully saturated rings. The first kappa shape index (κ1) is 24.1. The van der Waals surface area contributed by atoms with E-state index < -0.39 is 6.10 Å². The van der Waals surface area contributed by atoms with Crippen LogP contribution in [-0.4, -0.2) is 30.8 Å². The summed E-state index contributed by atoms with van der Waals surface area (Å²) in [6.45, 7) is 3.61. The van der Waals surface area contributed by atoms with E-state index in [2.05, 4.69) is 21.7 Å². The lowest BCUT2D eigenvalue weighted by Crippen LogP contribution is -2.42. The van der Waals surface area contributed by atoms with Crippen LogP contribution in [0.25, 0.3) is 0 Å². The van der Waals surface area contributed by atoms with E-state index in [0.717, 1.165) is 41.0 Å². The average Bonchev–Trinajstić information content (AvgIpc) is 3.31. The SMILES string of the molecule is Cc1cccc(C(O)CN=C(NCCc2ccco2)NC2CCOc3ccccc32)c1.I. The van der Waals surface area contributed by atoms with Crippen LogP contribution in [0.1, 0.15) is 41.0 Å². The number of ether oxygens (including phenoxy) is 1. The quantitative estimate of drug-likeness (QED) is 0.230. The van der Waals surface area contributed by atoms with Gasteiger partial charge in [-0.2, -0.15) is 0 Å². The maximum Gasteiger partial charge on any atom is 0.191 e. The van der Waals surface area contributed by atoms with Gasteiger partial charge in [0.25, 0.3) is 0 Å². The first-order valence-electron chi connectivity index (χ1n) is 10.7. The van der Waals surface area contributed by atoms with Crippen molar-refractivity contribution in [2.75, 3.05) is 19.7 Å². The predicted molar refractivity (Wildman–Crippen MR) is 137 cm³/mol. The lowest BCUT2D eigenvalue weighted by Gasteiger charge is -2.28. The van der Waals surface area contributed by atoms with Gasteiger partial charge in [0, 0.05) is 24.9 Å². The Hall–Kier alpha value is -2.52. The zero-order chi connectivity index (χ0) is 21.5. The average molecular weight is 547 g/mol. The number of hydrogen-bond donors (Lipinski definition) is 3. The lowest BCUT2D eigenvalue weighted by molar-refractivity contribution is 0.187. The van der Waals surface area contributed by atoms with Gasteiger partial charge in [-0.05, 0) is 30.7 Å². The Kier molecular flexibility index (Phi) is 8.99. The number of fused-ring (bicyclic) bond motifs is 1. The molecule has 7 heteroatoms. The van der Waals surface area contributed by atoms with Gasteiger partial charge in [-0.1, -0.05) is 48.0 Å². The van der Waals surface area contributed by atoms with Crippen LogP contribution in [0.2, 0.25) is 0 Å². The fourth-order valence-electron chi connectivity index (χ4n) is 3.73. The number of aryl methyl sites for hydroxylation is 1. The first-order chi connectivity index (χ1) is 15.2. The number of furan rings is 1. The smallest absolute Gasteiger partial charge is 0.191 e. The second kappa shape index (κ2) is 11.9. The van der Waals surface area contributed by atoms with Gasteiger partial charge in [-0.25, -0.2) is 0 Å². The topological polar surface area (TPSA) is 79.0 Å². The Morgan fingerprint density at radius 3 is 2.84 bits per heavy atom. The highest BCUT2D eigenvalue weighted by Crippen LogP contribution is 2.31. The van der Waals surface area contributed by atoms with Crippen molar-refractivity contribution in [2.24, 2.45) is 4.99 Å². The van der Waals surface area contributed by atoms with Gasteiger partial charge in [0.15, 0.2) is 5.96 Å². The molecule has 0 amide bonds. The Morgan fingerprint density at radius 2 is 2.03 bits per heavy atom. The summed E-state index contributed by atoms with van der Waals surface area (Å²) in [6.07, 6.45) is 2.61. The zero-order valence-electron chi connectivity index (χ0n) is 18.2. The summed E-state index contributed by atoms with van der Waals surface area (Å²) in [5, 5.41) is 17.5. The molecule has 2 atom stereocenters. The zero-order valence-corrected chi connectivity index (χ0v) is 20.5.